The van der Waals surface area contributed by atoms with Crippen LogP contribution in [0.2, 0.25) is 5.02 Å². The van der Waals surface area contributed by atoms with Crippen molar-refractivity contribution in [1.82, 2.24) is 19.8 Å². The molecule has 3 aromatic rings. The second kappa shape index (κ2) is 12.7. The number of carbonyl (C=O) groups is 1. The number of benzene rings is 2. The Morgan fingerprint density at radius 3 is 2.58 bits per heavy atom. The summed E-state index contributed by atoms with van der Waals surface area (Å²) >= 11 is 6.69. The van der Waals surface area contributed by atoms with Gasteiger partial charge in [-0.15, -0.1) is 0 Å². The van der Waals surface area contributed by atoms with Gasteiger partial charge in [-0.2, -0.15) is 9.97 Å². The number of carbonyl (C=O) groups excluding carboxylic acids is 1. The number of hydrogen-bond donors (Lipinski definition) is 0. The fourth-order valence-electron chi connectivity index (χ4n) is 6.26. The number of hydrogen-bond acceptors (Lipinski definition) is 9. The first-order valence-electron chi connectivity index (χ1n) is 14.8. The number of aromatic nitrogens is 2. The molecule has 2 saturated heterocycles. The summed E-state index contributed by atoms with van der Waals surface area (Å²) in [6, 6.07) is 12.7. The lowest BCUT2D eigenvalue weighted by Crippen LogP contribution is -2.64. The lowest BCUT2D eigenvalue weighted by Gasteiger charge is -2.47. The summed E-state index contributed by atoms with van der Waals surface area (Å²) in [5.41, 5.74) is 3.07. The molecule has 0 N–H and O–H groups in total. The van der Waals surface area contributed by atoms with Gasteiger partial charge in [0.2, 0.25) is 5.91 Å². The summed E-state index contributed by atoms with van der Waals surface area (Å²) in [5, 5.41) is 2.91. The molecule has 0 unspecified atom stereocenters. The van der Waals surface area contributed by atoms with E-state index in [2.05, 4.69) is 52.6 Å². The Balaban J connectivity index is 1.26. The van der Waals surface area contributed by atoms with E-state index in [0.29, 0.717) is 71.7 Å². The molecular formula is C32H39ClN6O4. The maximum absolute atomic E-state index is 12.2. The van der Waals surface area contributed by atoms with E-state index in [1.54, 1.807) is 7.11 Å². The number of amides is 1. The van der Waals surface area contributed by atoms with Crippen molar-refractivity contribution in [3.8, 4) is 6.01 Å². The molecule has 3 aliphatic rings. The lowest BCUT2D eigenvalue weighted by molar-refractivity contribution is -0.159. The molecule has 0 aliphatic carbocycles. The highest BCUT2D eigenvalue weighted by atomic mass is 35.5. The van der Waals surface area contributed by atoms with Crippen molar-refractivity contribution in [2.24, 2.45) is 0 Å². The Hall–Kier alpha value is -3.44. The van der Waals surface area contributed by atoms with Crippen molar-refractivity contribution in [2.75, 3.05) is 89.7 Å². The quantitative estimate of drug-likeness (QED) is 0.323. The van der Waals surface area contributed by atoms with E-state index in [1.807, 2.05) is 17.0 Å². The van der Waals surface area contributed by atoms with Gasteiger partial charge in [-0.05, 0) is 37.1 Å². The normalized spacial score (nSPS) is 18.0. The molecule has 11 heteroatoms. The fourth-order valence-corrected chi connectivity index (χ4v) is 6.54. The van der Waals surface area contributed by atoms with Gasteiger partial charge in [0, 0.05) is 63.0 Å². The molecule has 10 nitrogen and oxygen atoms in total. The van der Waals surface area contributed by atoms with E-state index in [0.717, 1.165) is 51.5 Å². The van der Waals surface area contributed by atoms with Gasteiger partial charge >= 0.3 is 6.01 Å². The minimum absolute atomic E-state index is 0.0370. The van der Waals surface area contributed by atoms with Crippen LogP contribution < -0.4 is 14.5 Å². The predicted octanol–water partition coefficient (Wildman–Crippen LogP) is 3.41. The van der Waals surface area contributed by atoms with Crippen molar-refractivity contribution >= 4 is 39.8 Å². The Morgan fingerprint density at radius 1 is 1.12 bits per heavy atom. The number of piperazine rings is 1. The average molecular weight is 607 g/mol. The van der Waals surface area contributed by atoms with Gasteiger partial charge in [0.05, 0.1) is 42.6 Å². The Kier molecular flexibility index (Phi) is 8.72. The molecule has 43 heavy (non-hydrogen) atoms. The largest absolute Gasteiger partial charge is 0.462 e. The summed E-state index contributed by atoms with van der Waals surface area (Å²) in [4.78, 5) is 30.8. The maximum Gasteiger partial charge on any atom is 0.318 e. The number of methoxy groups -OCH3 is 1. The summed E-state index contributed by atoms with van der Waals surface area (Å²) in [5.74, 6) is 0.864. The summed E-state index contributed by atoms with van der Waals surface area (Å²) in [6.07, 6.45) is 2.17. The number of rotatable bonds is 10. The molecule has 2 fully saturated rings. The molecule has 0 saturated carbocycles. The second-order valence-corrected chi connectivity index (χ2v) is 11.9. The molecule has 1 amide bonds. The molecule has 0 atom stereocenters. The van der Waals surface area contributed by atoms with Crippen LogP contribution in [0, 0.1) is 0 Å². The van der Waals surface area contributed by atoms with Crippen molar-refractivity contribution < 1.29 is 19.0 Å². The first kappa shape index (κ1) is 29.6. The zero-order valence-electron chi connectivity index (χ0n) is 24.9. The van der Waals surface area contributed by atoms with Gasteiger partial charge < -0.3 is 28.9 Å². The monoisotopic (exact) mass is 606 g/mol. The molecule has 1 aromatic heterocycles. The predicted molar refractivity (Wildman–Crippen MR) is 168 cm³/mol. The number of nitrogens with zero attached hydrogens (tertiary/aromatic N) is 6. The van der Waals surface area contributed by atoms with Crippen molar-refractivity contribution in [3.05, 3.63) is 65.3 Å². The van der Waals surface area contributed by atoms with Crippen LogP contribution in [0.25, 0.3) is 10.8 Å². The van der Waals surface area contributed by atoms with Crippen molar-refractivity contribution in [3.63, 3.8) is 0 Å². The van der Waals surface area contributed by atoms with E-state index in [9.17, 15) is 4.79 Å². The van der Waals surface area contributed by atoms with Crippen LogP contribution in [-0.2, 0) is 27.2 Å². The van der Waals surface area contributed by atoms with Crippen molar-refractivity contribution in [1.29, 1.82) is 0 Å². The highest BCUT2D eigenvalue weighted by Gasteiger charge is 2.42. The van der Waals surface area contributed by atoms with E-state index in [4.69, 9.17) is 35.8 Å². The molecular weight excluding hydrogens is 568 g/mol. The van der Waals surface area contributed by atoms with Gasteiger partial charge in [-0.1, -0.05) is 42.4 Å². The molecule has 0 radical (unpaired) electrons. The number of likely N-dealkylation sites (N-methyl/N-ethyl adjacent to an activating group) is 1. The molecule has 0 spiro atoms. The van der Waals surface area contributed by atoms with Gasteiger partial charge in [0.1, 0.15) is 12.4 Å². The highest BCUT2D eigenvalue weighted by molar-refractivity contribution is 6.36. The summed E-state index contributed by atoms with van der Waals surface area (Å²) in [6.45, 7) is 10.7. The van der Waals surface area contributed by atoms with Gasteiger partial charge in [-0.3, -0.25) is 9.69 Å². The van der Waals surface area contributed by atoms with Crippen LogP contribution in [0.15, 0.2) is 49.1 Å². The van der Waals surface area contributed by atoms with Crippen LogP contribution in [0.4, 0.5) is 11.5 Å². The Bertz CT molecular complexity index is 1480. The number of ether oxygens (including phenoxy) is 3. The fraction of sp³-hybridized carbons (Fsp3) is 0.469. The first-order valence-corrected chi connectivity index (χ1v) is 15.2. The Morgan fingerprint density at radius 2 is 1.88 bits per heavy atom. The molecule has 0 bridgehead atoms. The van der Waals surface area contributed by atoms with E-state index < -0.39 is 0 Å². The molecule has 6 rings (SSSR count). The summed E-state index contributed by atoms with van der Waals surface area (Å²) < 4.78 is 17.2. The minimum Gasteiger partial charge on any atom is -0.462 e. The van der Waals surface area contributed by atoms with E-state index >= 15 is 0 Å². The van der Waals surface area contributed by atoms with E-state index in [-0.39, 0.29) is 11.4 Å². The van der Waals surface area contributed by atoms with Crippen LogP contribution in [0.1, 0.15) is 11.3 Å². The third-order valence-corrected chi connectivity index (χ3v) is 9.20. The van der Waals surface area contributed by atoms with Crippen molar-refractivity contribution in [2.45, 2.75) is 18.5 Å². The van der Waals surface area contributed by atoms with Gasteiger partial charge in [0.25, 0.3) is 0 Å². The van der Waals surface area contributed by atoms with E-state index in [1.165, 1.54) is 6.08 Å². The van der Waals surface area contributed by atoms with Crippen LogP contribution >= 0.6 is 11.6 Å². The average Bonchev–Trinajstić information content (AvgIpc) is 3.01. The van der Waals surface area contributed by atoms with Crippen LogP contribution in [-0.4, -0.2) is 111 Å². The Labute approximate surface area is 257 Å². The molecule has 3 aliphatic heterocycles. The SMILES string of the molecule is C=CC(=O)N1CCN(c2nc(OCCN(C)C3(COC)COC3)nc3c2CCN(c2cccc4cccc(Cl)c24)C3)CC1. The first-order chi connectivity index (χ1) is 20.9. The smallest absolute Gasteiger partial charge is 0.318 e. The minimum atomic E-state index is -0.122. The van der Waals surface area contributed by atoms with Crippen LogP contribution in [0.3, 0.4) is 0 Å². The topological polar surface area (TPSA) is 83.5 Å². The molecule has 2 aromatic carbocycles. The lowest BCUT2D eigenvalue weighted by atomic mass is 9.97. The molecule has 228 valence electrons. The standard InChI is InChI=1S/C32H39ClN6O4/c1-4-28(40)37-13-15-38(16-14-37)30-24-11-12-39(27-10-6-8-23-7-5-9-25(33)29(23)27)19-26(24)34-31(35-30)43-18-17-36(2)32(20-41-3)21-42-22-32/h4-10H,1,11-22H2,2-3H3. The van der Waals surface area contributed by atoms with Crippen LogP contribution in [0.5, 0.6) is 6.01 Å². The second-order valence-electron chi connectivity index (χ2n) is 11.5. The highest BCUT2D eigenvalue weighted by Crippen LogP contribution is 2.37. The maximum atomic E-state index is 12.2. The number of fused-ring (bicyclic) bond motifs is 2. The zero-order valence-corrected chi connectivity index (χ0v) is 25.7. The zero-order chi connectivity index (χ0) is 30.0. The number of anilines is 2. The van der Waals surface area contributed by atoms with Gasteiger partial charge in [0.15, 0.2) is 0 Å². The third kappa shape index (κ3) is 5.89. The third-order valence-electron chi connectivity index (χ3n) is 8.88. The summed E-state index contributed by atoms with van der Waals surface area (Å²) in [7, 11) is 3.79. The van der Waals surface area contributed by atoms with Gasteiger partial charge in [-0.25, -0.2) is 0 Å². The molecule has 4 heterocycles. The number of halogens is 1.